The van der Waals surface area contributed by atoms with Gasteiger partial charge in [0.25, 0.3) is 0 Å². The fourth-order valence-corrected chi connectivity index (χ4v) is 4.60. The van der Waals surface area contributed by atoms with Gasteiger partial charge in [-0.2, -0.15) is 4.98 Å². The van der Waals surface area contributed by atoms with E-state index >= 15 is 0 Å². The zero-order valence-corrected chi connectivity index (χ0v) is 20.0. The summed E-state index contributed by atoms with van der Waals surface area (Å²) in [4.78, 5) is 38.8. The molecule has 1 unspecified atom stereocenters. The van der Waals surface area contributed by atoms with E-state index in [-0.39, 0.29) is 17.8 Å². The Morgan fingerprint density at radius 3 is 2.57 bits per heavy atom. The Labute approximate surface area is 204 Å². The molecule has 1 fully saturated rings. The minimum Gasteiger partial charge on any atom is -0.469 e. The van der Waals surface area contributed by atoms with Crippen molar-refractivity contribution in [1.82, 2.24) is 14.9 Å². The number of amides is 1. The van der Waals surface area contributed by atoms with Crippen LogP contribution in [-0.4, -0.2) is 59.5 Å². The molecule has 182 valence electrons. The van der Waals surface area contributed by atoms with E-state index in [0.717, 1.165) is 22.7 Å². The lowest BCUT2D eigenvalue weighted by Crippen LogP contribution is -2.49. The van der Waals surface area contributed by atoms with Gasteiger partial charge in [0, 0.05) is 50.6 Å². The number of ether oxygens (including phenoxy) is 1. The van der Waals surface area contributed by atoms with E-state index in [9.17, 15) is 9.59 Å². The molecule has 0 bridgehead atoms. The first-order chi connectivity index (χ1) is 17.0. The molecule has 9 heteroatoms. The number of anilines is 3. The summed E-state index contributed by atoms with van der Waals surface area (Å²) < 4.78 is 10.7. The average Bonchev–Trinajstić information content (AvgIpc) is 3.40. The summed E-state index contributed by atoms with van der Waals surface area (Å²) in [5.41, 5.74) is 3.27. The van der Waals surface area contributed by atoms with E-state index in [0.29, 0.717) is 63.0 Å². The van der Waals surface area contributed by atoms with E-state index in [2.05, 4.69) is 10.2 Å². The SMILES string of the molecule is CCOC(=O)N1CCN(c2nc3c(c(Nc4ccc(C)cc4)n2)C(=O)CC(c2ccco2)C3)CC1. The molecule has 3 aromatic rings. The van der Waals surface area contributed by atoms with Crippen LogP contribution in [0.4, 0.5) is 22.2 Å². The van der Waals surface area contributed by atoms with Crippen molar-refractivity contribution in [2.24, 2.45) is 0 Å². The van der Waals surface area contributed by atoms with Gasteiger partial charge in [0.1, 0.15) is 11.6 Å². The van der Waals surface area contributed by atoms with Crippen molar-refractivity contribution in [3.05, 3.63) is 65.2 Å². The largest absolute Gasteiger partial charge is 0.469 e. The van der Waals surface area contributed by atoms with Crippen LogP contribution in [0.2, 0.25) is 0 Å². The number of ketones is 1. The highest BCUT2D eigenvalue weighted by atomic mass is 16.6. The highest BCUT2D eigenvalue weighted by Gasteiger charge is 2.33. The van der Waals surface area contributed by atoms with Gasteiger partial charge in [-0.05, 0) is 38.1 Å². The maximum absolute atomic E-state index is 13.3. The summed E-state index contributed by atoms with van der Waals surface area (Å²) in [6, 6.07) is 11.7. The number of carbonyl (C=O) groups excluding carboxylic acids is 2. The number of aryl methyl sites for hydroxylation is 1. The zero-order chi connectivity index (χ0) is 24.4. The number of nitrogens with zero attached hydrogens (tertiary/aromatic N) is 4. The highest BCUT2D eigenvalue weighted by molar-refractivity contribution is 6.03. The second-order valence-corrected chi connectivity index (χ2v) is 8.90. The van der Waals surface area contributed by atoms with Crippen molar-refractivity contribution in [2.45, 2.75) is 32.6 Å². The van der Waals surface area contributed by atoms with Gasteiger partial charge in [-0.15, -0.1) is 0 Å². The standard InChI is InChI=1S/C26H29N5O4/c1-3-34-26(33)31-12-10-30(11-13-31)25-28-20-15-18(22-5-4-14-35-22)16-21(32)23(20)24(29-25)27-19-8-6-17(2)7-9-19/h4-9,14,18H,3,10-13,15-16H2,1-2H3,(H,27,28,29). The molecule has 1 aliphatic carbocycles. The van der Waals surface area contributed by atoms with Gasteiger partial charge in [-0.25, -0.2) is 9.78 Å². The number of hydrogen-bond donors (Lipinski definition) is 1. The lowest BCUT2D eigenvalue weighted by molar-refractivity contribution is 0.0958. The highest BCUT2D eigenvalue weighted by Crippen LogP contribution is 2.36. The number of carbonyl (C=O) groups is 2. The Bertz CT molecular complexity index is 1200. The molecule has 2 aromatic heterocycles. The number of benzene rings is 1. The predicted molar refractivity (Wildman–Crippen MR) is 131 cm³/mol. The van der Waals surface area contributed by atoms with Gasteiger partial charge in [0.15, 0.2) is 5.78 Å². The van der Waals surface area contributed by atoms with Crippen molar-refractivity contribution in [3.63, 3.8) is 0 Å². The molecule has 1 N–H and O–H groups in total. The maximum Gasteiger partial charge on any atom is 0.409 e. The Hall–Kier alpha value is -3.88. The zero-order valence-electron chi connectivity index (χ0n) is 20.0. The van der Waals surface area contributed by atoms with Crippen LogP contribution in [-0.2, 0) is 11.2 Å². The third-order valence-corrected chi connectivity index (χ3v) is 6.47. The monoisotopic (exact) mass is 475 g/mol. The molecule has 0 spiro atoms. The fraction of sp³-hybridized carbons (Fsp3) is 0.385. The summed E-state index contributed by atoms with van der Waals surface area (Å²) in [6.07, 6.45) is 2.28. The van der Waals surface area contributed by atoms with Crippen LogP contribution in [0.5, 0.6) is 0 Å². The van der Waals surface area contributed by atoms with Gasteiger partial charge in [-0.1, -0.05) is 17.7 Å². The summed E-state index contributed by atoms with van der Waals surface area (Å²) in [7, 11) is 0. The molecule has 9 nitrogen and oxygen atoms in total. The molecule has 5 rings (SSSR count). The van der Waals surface area contributed by atoms with E-state index in [1.807, 2.05) is 43.3 Å². The quantitative estimate of drug-likeness (QED) is 0.583. The third-order valence-electron chi connectivity index (χ3n) is 6.47. The van der Waals surface area contributed by atoms with Gasteiger partial charge < -0.3 is 24.3 Å². The maximum atomic E-state index is 13.3. The first-order valence-corrected chi connectivity index (χ1v) is 12.0. The van der Waals surface area contributed by atoms with Crippen molar-refractivity contribution >= 4 is 29.3 Å². The number of rotatable bonds is 5. The van der Waals surface area contributed by atoms with Gasteiger partial charge in [-0.3, -0.25) is 4.79 Å². The minimum absolute atomic E-state index is 0.000872. The number of furan rings is 1. The molecule has 1 saturated heterocycles. The van der Waals surface area contributed by atoms with Crippen LogP contribution in [0, 0.1) is 6.92 Å². The lowest BCUT2D eigenvalue weighted by atomic mass is 9.84. The smallest absolute Gasteiger partial charge is 0.409 e. The first-order valence-electron chi connectivity index (χ1n) is 12.0. The fourth-order valence-electron chi connectivity index (χ4n) is 4.60. The number of aromatic nitrogens is 2. The Morgan fingerprint density at radius 2 is 1.89 bits per heavy atom. The van der Waals surface area contributed by atoms with Crippen LogP contribution in [0.25, 0.3) is 0 Å². The molecular formula is C26H29N5O4. The molecule has 3 heterocycles. The average molecular weight is 476 g/mol. The van der Waals surface area contributed by atoms with E-state index < -0.39 is 0 Å². The van der Waals surface area contributed by atoms with Crippen molar-refractivity contribution in [3.8, 4) is 0 Å². The van der Waals surface area contributed by atoms with Crippen LogP contribution in [0.15, 0.2) is 47.1 Å². The predicted octanol–water partition coefficient (Wildman–Crippen LogP) is 4.31. The van der Waals surface area contributed by atoms with Crippen LogP contribution < -0.4 is 10.2 Å². The molecule has 1 aliphatic heterocycles. The number of piperazine rings is 1. The van der Waals surface area contributed by atoms with Gasteiger partial charge >= 0.3 is 6.09 Å². The van der Waals surface area contributed by atoms with Crippen molar-refractivity contribution in [1.29, 1.82) is 0 Å². The van der Waals surface area contributed by atoms with Crippen molar-refractivity contribution < 1.29 is 18.7 Å². The number of fused-ring (bicyclic) bond motifs is 1. The summed E-state index contributed by atoms with van der Waals surface area (Å²) in [5.74, 6) is 1.81. The second-order valence-electron chi connectivity index (χ2n) is 8.90. The molecule has 2 aliphatic rings. The number of hydrogen-bond acceptors (Lipinski definition) is 8. The van der Waals surface area contributed by atoms with E-state index in [1.54, 1.807) is 18.1 Å². The van der Waals surface area contributed by atoms with Crippen LogP contribution >= 0.6 is 0 Å². The molecule has 1 aromatic carbocycles. The van der Waals surface area contributed by atoms with Crippen molar-refractivity contribution in [2.75, 3.05) is 43.0 Å². The Balaban J connectivity index is 1.46. The topological polar surface area (TPSA) is 101 Å². The van der Waals surface area contributed by atoms with E-state index in [4.69, 9.17) is 19.1 Å². The van der Waals surface area contributed by atoms with Crippen LogP contribution in [0.1, 0.15) is 46.6 Å². The molecule has 1 atom stereocenters. The molecular weight excluding hydrogens is 446 g/mol. The third kappa shape index (κ3) is 4.84. The molecule has 0 radical (unpaired) electrons. The number of Topliss-reactive ketones (excluding diaryl/α,β-unsaturated/α-hetero) is 1. The lowest BCUT2D eigenvalue weighted by Gasteiger charge is -2.35. The molecule has 0 saturated carbocycles. The van der Waals surface area contributed by atoms with Crippen LogP contribution in [0.3, 0.4) is 0 Å². The first kappa shape index (κ1) is 22.9. The summed E-state index contributed by atoms with van der Waals surface area (Å²) in [5, 5.41) is 3.36. The Kier molecular flexibility index (Phi) is 6.39. The Morgan fingerprint density at radius 1 is 1.11 bits per heavy atom. The normalized spacial score (nSPS) is 17.8. The summed E-state index contributed by atoms with van der Waals surface area (Å²) >= 11 is 0. The minimum atomic E-state index is -0.299. The number of nitrogens with one attached hydrogen (secondary N) is 1. The van der Waals surface area contributed by atoms with Gasteiger partial charge in [0.2, 0.25) is 5.95 Å². The molecule has 1 amide bonds. The van der Waals surface area contributed by atoms with E-state index in [1.165, 1.54) is 0 Å². The second kappa shape index (κ2) is 9.77. The summed E-state index contributed by atoms with van der Waals surface area (Å²) in [6.45, 7) is 6.39. The van der Waals surface area contributed by atoms with Gasteiger partial charge in [0.05, 0.1) is 24.1 Å². The molecule has 35 heavy (non-hydrogen) atoms.